The second-order valence-electron chi connectivity index (χ2n) is 3.42. The molecule has 1 heterocycles. The van der Waals surface area contributed by atoms with E-state index in [1.165, 1.54) is 32.1 Å². The predicted octanol–water partition coefficient (Wildman–Crippen LogP) is 2.50. The number of hydrogen-bond donors (Lipinski definition) is 2. The summed E-state index contributed by atoms with van der Waals surface area (Å²) in [6.45, 7) is 2.24. The predicted molar refractivity (Wildman–Crippen MR) is 57.1 cm³/mol. The SMILES string of the molecule is CCCCCC/C=C/C1NC=CN1. The molecule has 1 rings (SSSR count). The summed E-state index contributed by atoms with van der Waals surface area (Å²) >= 11 is 0. The van der Waals surface area contributed by atoms with Gasteiger partial charge in [0, 0.05) is 12.4 Å². The molecule has 1 aliphatic heterocycles. The molecule has 0 bridgehead atoms. The van der Waals surface area contributed by atoms with Crippen LogP contribution in [0.25, 0.3) is 0 Å². The van der Waals surface area contributed by atoms with E-state index in [2.05, 4.69) is 29.7 Å². The van der Waals surface area contributed by atoms with Crippen LogP contribution in [0.1, 0.15) is 39.0 Å². The second kappa shape index (κ2) is 6.58. The molecule has 0 aromatic carbocycles. The lowest BCUT2D eigenvalue weighted by Crippen LogP contribution is -2.27. The van der Waals surface area contributed by atoms with Gasteiger partial charge in [0.05, 0.1) is 0 Å². The highest BCUT2D eigenvalue weighted by molar-refractivity contribution is 5.01. The van der Waals surface area contributed by atoms with Crippen LogP contribution < -0.4 is 10.6 Å². The fraction of sp³-hybridized carbons (Fsp3) is 0.636. The summed E-state index contributed by atoms with van der Waals surface area (Å²) in [6.07, 6.45) is 15.2. The van der Waals surface area contributed by atoms with Gasteiger partial charge >= 0.3 is 0 Å². The molecule has 0 aliphatic carbocycles. The molecule has 1 aliphatic rings. The average molecular weight is 180 g/mol. The maximum atomic E-state index is 3.18. The highest BCUT2D eigenvalue weighted by atomic mass is 15.1. The van der Waals surface area contributed by atoms with Crippen molar-refractivity contribution in [1.82, 2.24) is 10.6 Å². The maximum Gasteiger partial charge on any atom is 0.115 e. The van der Waals surface area contributed by atoms with Gasteiger partial charge in [-0.05, 0) is 18.9 Å². The lowest BCUT2D eigenvalue weighted by Gasteiger charge is -2.05. The van der Waals surface area contributed by atoms with Crippen molar-refractivity contribution in [3.8, 4) is 0 Å². The molecular weight excluding hydrogens is 160 g/mol. The molecule has 0 unspecified atom stereocenters. The van der Waals surface area contributed by atoms with Crippen LogP contribution in [0.5, 0.6) is 0 Å². The van der Waals surface area contributed by atoms with Crippen molar-refractivity contribution < 1.29 is 0 Å². The van der Waals surface area contributed by atoms with Crippen LogP contribution in [0.4, 0.5) is 0 Å². The van der Waals surface area contributed by atoms with Crippen LogP contribution in [0.15, 0.2) is 24.6 Å². The topological polar surface area (TPSA) is 24.1 Å². The summed E-state index contributed by atoms with van der Waals surface area (Å²) in [5, 5.41) is 6.36. The Morgan fingerprint density at radius 1 is 1.15 bits per heavy atom. The van der Waals surface area contributed by atoms with Gasteiger partial charge in [0.2, 0.25) is 0 Å². The van der Waals surface area contributed by atoms with Crippen molar-refractivity contribution in [2.24, 2.45) is 0 Å². The maximum absolute atomic E-state index is 3.18. The van der Waals surface area contributed by atoms with E-state index in [0.29, 0.717) is 6.17 Å². The van der Waals surface area contributed by atoms with Gasteiger partial charge in [-0.25, -0.2) is 0 Å². The molecule has 0 spiro atoms. The first-order chi connectivity index (χ1) is 6.43. The Hall–Kier alpha value is -0.920. The molecule has 0 atom stereocenters. The van der Waals surface area contributed by atoms with E-state index < -0.39 is 0 Å². The molecule has 0 fully saturated rings. The number of unbranched alkanes of at least 4 members (excludes halogenated alkanes) is 4. The highest BCUT2D eigenvalue weighted by Gasteiger charge is 2.00. The zero-order valence-corrected chi connectivity index (χ0v) is 8.42. The molecule has 13 heavy (non-hydrogen) atoms. The van der Waals surface area contributed by atoms with Crippen LogP contribution in [0, 0.1) is 0 Å². The summed E-state index contributed by atoms with van der Waals surface area (Å²) in [5.41, 5.74) is 0. The van der Waals surface area contributed by atoms with Crippen LogP contribution in [-0.2, 0) is 0 Å². The summed E-state index contributed by atoms with van der Waals surface area (Å²) in [6, 6.07) is 0. The minimum Gasteiger partial charge on any atom is -0.367 e. The molecule has 0 amide bonds. The number of allylic oxidation sites excluding steroid dienone is 1. The van der Waals surface area contributed by atoms with E-state index in [1.54, 1.807) is 0 Å². The standard InChI is InChI=1S/C11H20N2/c1-2-3-4-5-6-7-8-11-12-9-10-13-11/h7-13H,2-6H2,1H3/b8-7+. The van der Waals surface area contributed by atoms with Crippen molar-refractivity contribution in [2.45, 2.75) is 45.2 Å². The molecular formula is C11H20N2. The summed E-state index contributed by atoms with van der Waals surface area (Å²) in [7, 11) is 0. The fourth-order valence-electron chi connectivity index (χ4n) is 1.38. The molecule has 0 aromatic rings. The third kappa shape index (κ3) is 4.61. The van der Waals surface area contributed by atoms with Gasteiger partial charge in [0.1, 0.15) is 6.17 Å². The van der Waals surface area contributed by atoms with Crippen LogP contribution in [0.3, 0.4) is 0 Å². The minimum atomic E-state index is 0.325. The number of nitrogens with one attached hydrogen (secondary N) is 2. The van der Waals surface area contributed by atoms with Gasteiger partial charge in [0.25, 0.3) is 0 Å². The Balaban J connectivity index is 1.92. The summed E-state index contributed by atoms with van der Waals surface area (Å²) in [5.74, 6) is 0. The first-order valence-corrected chi connectivity index (χ1v) is 5.27. The van der Waals surface area contributed by atoms with E-state index in [4.69, 9.17) is 0 Å². The van der Waals surface area contributed by atoms with Crippen molar-refractivity contribution in [3.05, 3.63) is 24.6 Å². The number of hydrogen-bond acceptors (Lipinski definition) is 2. The van der Waals surface area contributed by atoms with Gasteiger partial charge < -0.3 is 10.6 Å². The van der Waals surface area contributed by atoms with Crippen molar-refractivity contribution in [2.75, 3.05) is 0 Å². The fourth-order valence-corrected chi connectivity index (χ4v) is 1.38. The van der Waals surface area contributed by atoms with Crippen molar-refractivity contribution in [3.63, 3.8) is 0 Å². The molecule has 0 saturated heterocycles. The van der Waals surface area contributed by atoms with Gasteiger partial charge in [-0.2, -0.15) is 0 Å². The zero-order valence-electron chi connectivity index (χ0n) is 8.42. The second-order valence-corrected chi connectivity index (χ2v) is 3.42. The smallest absolute Gasteiger partial charge is 0.115 e. The first kappa shape index (κ1) is 10.2. The third-order valence-corrected chi connectivity index (χ3v) is 2.19. The van der Waals surface area contributed by atoms with E-state index in [1.807, 2.05) is 12.4 Å². The molecule has 2 N–H and O–H groups in total. The van der Waals surface area contributed by atoms with E-state index in [0.717, 1.165) is 0 Å². The largest absolute Gasteiger partial charge is 0.367 e. The Kier molecular flexibility index (Phi) is 5.14. The Morgan fingerprint density at radius 2 is 1.92 bits per heavy atom. The normalized spacial score (nSPS) is 16.4. The monoisotopic (exact) mass is 180 g/mol. The first-order valence-electron chi connectivity index (χ1n) is 5.27. The summed E-state index contributed by atoms with van der Waals surface area (Å²) < 4.78 is 0. The van der Waals surface area contributed by atoms with Gasteiger partial charge in [-0.15, -0.1) is 0 Å². The lowest BCUT2D eigenvalue weighted by molar-refractivity contribution is 0.662. The minimum absolute atomic E-state index is 0.325. The molecule has 2 nitrogen and oxygen atoms in total. The Bertz CT molecular complexity index is 165. The van der Waals surface area contributed by atoms with Crippen LogP contribution in [-0.4, -0.2) is 6.17 Å². The molecule has 0 saturated carbocycles. The highest BCUT2D eigenvalue weighted by Crippen LogP contribution is 2.03. The number of rotatable bonds is 6. The molecule has 0 aromatic heterocycles. The van der Waals surface area contributed by atoms with Crippen LogP contribution in [0.2, 0.25) is 0 Å². The molecule has 74 valence electrons. The molecule has 2 heteroatoms. The van der Waals surface area contributed by atoms with Crippen LogP contribution >= 0.6 is 0 Å². The quantitative estimate of drug-likeness (QED) is 0.485. The zero-order chi connectivity index (χ0) is 9.36. The van der Waals surface area contributed by atoms with E-state index in [-0.39, 0.29) is 0 Å². The summed E-state index contributed by atoms with van der Waals surface area (Å²) in [4.78, 5) is 0. The Morgan fingerprint density at radius 3 is 2.62 bits per heavy atom. The van der Waals surface area contributed by atoms with E-state index >= 15 is 0 Å². The van der Waals surface area contributed by atoms with Crippen molar-refractivity contribution in [1.29, 1.82) is 0 Å². The Labute approximate surface area is 81.1 Å². The van der Waals surface area contributed by atoms with Gasteiger partial charge in [-0.1, -0.05) is 32.3 Å². The van der Waals surface area contributed by atoms with Gasteiger partial charge in [0.15, 0.2) is 0 Å². The van der Waals surface area contributed by atoms with Crippen molar-refractivity contribution >= 4 is 0 Å². The third-order valence-electron chi connectivity index (χ3n) is 2.19. The lowest BCUT2D eigenvalue weighted by atomic mass is 10.1. The van der Waals surface area contributed by atoms with Gasteiger partial charge in [-0.3, -0.25) is 0 Å². The van der Waals surface area contributed by atoms with E-state index in [9.17, 15) is 0 Å². The molecule has 0 radical (unpaired) electrons. The average Bonchev–Trinajstić information content (AvgIpc) is 2.63.